The Kier molecular flexibility index (Phi) is 9.25. The molecule has 0 radical (unpaired) electrons. The number of ether oxygens (including phenoxy) is 1. The van der Waals surface area contributed by atoms with Crippen LogP contribution in [0.15, 0.2) is 61.1 Å². The quantitative estimate of drug-likeness (QED) is 0.401. The van der Waals surface area contributed by atoms with Crippen LogP contribution in [0.3, 0.4) is 0 Å². The second-order valence-corrected chi connectivity index (χ2v) is 9.12. The first-order chi connectivity index (χ1) is 15.6. The number of hydrogen-bond acceptors (Lipinski definition) is 6. The second-order valence-electron chi connectivity index (χ2n) is 7.15. The zero-order valence-corrected chi connectivity index (χ0v) is 19.8. The van der Waals surface area contributed by atoms with Crippen LogP contribution >= 0.6 is 23.5 Å². The number of imidazole rings is 1. The molecule has 2 aromatic carbocycles. The SMILES string of the molecule is COC(=O)C(CCSC)NC(=O)c1ccc(CSCc2cnc[nH]2)cc1-c1ccccc1. The Morgan fingerprint density at radius 1 is 1.16 bits per heavy atom. The number of H-pyrrole nitrogens is 1. The zero-order valence-electron chi connectivity index (χ0n) is 18.2. The molecule has 3 aromatic rings. The molecule has 6 nitrogen and oxygen atoms in total. The number of aromatic nitrogens is 2. The largest absolute Gasteiger partial charge is 0.467 e. The maximum absolute atomic E-state index is 13.2. The Labute approximate surface area is 196 Å². The summed E-state index contributed by atoms with van der Waals surface area (Å²) in [6, 6.07) is 15.0. The minimum Gasteiger partial charge on any atom is -0.467 e. The van der Waals surface area contributed by atoms with Crippen LogP contribution in [0.2, 0.25) is 0 Å². The fraction of sp³-hybridized carbons (Fsp3) is 0.292. The number of esters is 1. The summed E-state index contributed by atoms with van der Waals surface area (Å²) >= 11 is 3.40. The van der Waals surface area contributed by atoms with E-state index in [-0.39, 0.29) is 5.91 Å². The lowest BCUT2D eigenvalue weighted by Gasteiger charge is -2.18. The lowest BCUT2D eigenvalue weighted by molar-refractivity contribution is -0.142. The summed E-state index contributed by atoms with van der Waals surface area (Å²) < 4.78 is 4.88. The molecule has 0 fully saturated rings. The van der Waals surface area contributed by atoms with Gasteiger partial charge in [0, 0.05) is 29.0 Å². The van der Waals surface area contributed by atoms with Crippen molar-refractivity contribution in [2.75, 3.05) is 19.1 Å². The Hall–Kier alpha value is -2.71. The van der Waals surface area contributed by atoms with Gasteiger partial charge in [-0.05, 0) is 47.3 Å². The van der Waals surface area contributed by atoms with Gasteiger partial charge in [-0.1, -0.05) is 36.4 Å². The van der Waals surface area contributed by atoms with E-state index in [1.165, 1.54) is 7.11 Å². The molecule has 168 valence electrons. The number of methoxy groups -OCH3 is 1. The minimum absolute atomic E-state index is 0.281. The van der Waals surface area contributed by atoms with E-state index >= 15 is 0 Å². The van der Waals surface area contributed by atoms with Crippen LogP contribution in [0, 0.1) is 0 Å². The molecule has 1 amide bonds. The molecule has 0 bridgehead atoms. The standard InChI is InChI=1S/C24H27N3O3S2/c1-30-24(29)22(10-11-31-2)27-23(28)20-9-8-17(14-32-15-19-13-25-16-26-19)12-21(20)18-6-4-3-5-7-18/h3-9,12-13,16,22H,10-11,14-15H2,1-2H3,(H,25,26)(H,27,28). The fourth-order valence-electron chi connectivity index (χ4n) is 3.24. The third kappa shape index (κ3) is 6.64. The predicted octanol–water partition coefficient (Wildman–Crippen LogP) is 4.53. The highest BCUT2D eigenvalue weighted by molar-refractivity contribution is 7.98. The lowest BCUT2D eigenvalue weighted by atomic mass is 9.97. The highest BCUT2D eigenvalue weighted by atomic mass is 32.2. The minimum atomic E-state index is -0.673. The molecule has 0 aliphatic heterocycles. The van der Waals surface area contributed by atoms with Crippen LogP contribution < -0.4 is 5.32 Å². The van der Waals surface area contributed by atoms with E-state index in [1.54, 1.807) is 29.9 Å². The first-order valence-corrected chi connectivity index (χ1v) is 12.8. The van der Waals surface area contributed by atoms with Gasteiger partial charge in [0.25, 0.3) is 5.91 Å². The number of thioether (sulfide) groups is 2. The van der Waals surface area contributed by atoms with Crippen LogP contribution in [0.5, 0.6) is 0 Å². The maximum atomic E-state index is 13.2. The molecular formula is C24H27N3O3S2. The van der Waals surface area contributed by atoms with Crippen LogP contribution in [-0.4, -0.2) is 47.0 Å². The summed E-state index contributed by atoms with van der Waals surface area (Å²) in [4.78, 5) is 32.5. The van der Waals surface area contributed by atoms with E-state index < -0.39 is 12.0 Å². The van der Waals surface area contributed by atoms with Crippen molar-refractivity contribution < 1.29 is 14.3 Å². The Balaban J connectivity index is 1.81. The molecular weight excluding hydrogens is 442 g/mol. The normalized spacial score (nSPS) is 11.7. The molecule has 1 unspecified atom stereocenters. The highest BCUT2D eigenvalue weighted by Crippen LogP contribution is 2.27. The van der Waals surface area contributed by atoms with E-state index in [0.29, 0.717) is 12.0 Å². The van der Waals surface area contributed by atoms with Crippen molar-refractivity contribution in [1.29, 1.82) is 0 Å². The zero-order chi connectivity index (χ0) is 22.8. The van der Waals surface area contributed by atoms with E-state index in [9.17, 15) is 9.59 Å². The molecule has 8 heteroatoms. The smallest absolute Gasteiger partial charge is 0.328 e. The maximum Gasteiger partial charge on any atom is 0.328 e. The summed E-state index contributed by atoms with van der Waals surface area (Å²) in [5.74, 6) is 1.67. The van der Waals surface area contributed by atoms with Gasteiger partial charge < -0.3 is 15.0 Å². The summed E-state index contributed by atoms with van der Waals surface area (Å²) in [5, 5.41) is 2.87. The number of nitrogens with one attached hydrogen (secondary N) is 2. The van der Waals surface area contributed by atoms with Gasteiger partial charge in [-0.25, -0.2) is 9.78 Å². The van der Waals surface area contributed by atoms with E-state index in [0.717, 1.165) is 39.6 Å². The van der Waals surface area contributed by atoms with Crippen LogP contribution in [-0.2, 0) is 21.0 Å². The second kappa shape index (κ2) is 12.4. The molecule has 3 rings (SSSR count). The van der Waals surface area contributed by atoms with Crippen molar-refractivity contribution in [1.82, 2.24) is 15.3 Å². The van der Waals surface area contributed by atoms with Crippen molar-refractivity contribution in [3.8, 4) is 11.1 Å². The van der Waals surface area contributed by atoms with Crippen LogP contribution in [0.1, 0.15) is 28.0 Å². The average Bonchev–Trinajstić information content (AvgIpc) is 3.35. The number of nitrogens with zero attached hydrogens (tertiary/aromatic N) is 1. The molecule has 0 saturated carbocycles. The van der Waals surface area contributed by atoms with Gasteiger partial charge in [0.1, 0.15) is 6.04 Å². The van der Waals surface area contributed by atoms with Gasteiger partial charge in [0.15, 0.2) is 0 Å². The van der Waals surface area contributed by atoms with Gasteiger partial charge in [0.05, 0.1) is 13.4 Å². The van der Waals surface area contributed by atoms with Gasteiger partial charge in [-0.3, -0.25) is 4.79 Å². The molecule has 1 aromatic heterocycles. The predicted molar refractivity (Wildman–Crippen MR) is 132 cm³/mol. The molecule has 1 atom stereocenters. The molecule has 0 aliphatic rings. The topological polar surface area (TPSA) is 84.1 Å². The van der Waals surface area contributed by atoms with E-state index in [2.05, 4.69) is 21.4 Å². The number of carbonyl (C=O) groups excluding carboxylic acids is 2. The van der Waals surface area contributed by atoms with E-state index in [4.69, 9.17) is 4.74 Å². The molecule has 1 heterocycles. The number of aromatic amines is 1. The molecule has 0 saturated heterocycles. The number of rotatable bonds is 11. The number of amides is 1. The van der Waals surface area contributed by atoms with Crippen molar-refractivity contribution in [2.45, 2.75) is 24.0 Å². The summed E-state index contributed by atoms with van der Waals surface area (Å²) in [6.07, 6.45) is 5.98. The number of carbonyl (C=O) groups is 2. The van der Waals surface area contributed by atoms with Crippen molar-refractivity contribution >= 4 is 35.4 Å². The molecule has 0 spiro atoms. The van der Waals surface area contributed by atoms with Crippen molar-refractivity contribution in [2.24, 2.45) is 0 Å². The molecule has 32 heavy (non-hydrogen) atoms. The lowest BCUT2D eigenvalue weighted by Crippen LogP contribution is -2.42. The van der Waals surface area contributed by atoms with Crippen LogP contribution in [0.4, 0.5) is 0 Å². The van der Waals surface area contributed by atoms with Gasteiger partial charge in [-0.15, -0.1) is 0 Å². The highest BCUT2D eigenvalue weighted by Gasteiger charge is 2.23. The van der Waals surface area contributed by atoms with Crippen molar-refractivity contribution in [3.63, 3.8) is 0 Å². The Morgan fingerprint density at radius 3 is 2.66 bits per heavy atom. The van der Waals surface area contributed by atoms with Gasteiger partial charge in [0.2, 0.25) is 0 Å². The average molecular weight is 470 g/mol. The monoisotopic (exact) mass is 469 g/mol. The molecule has 2 N–H and O–H groups in total. The third-order valence-corrected chi connectivity index (χ3v) is 6.59. The fourth-order valence-corrected chi connectivity index (χ4v) is 4.61. The Bertz CT molecular complexity index is 1010. The third-order valence-electron chi connectivity index (χ3n) is 4.90. The number of hydrogen-bond donors (Lipinski definition) is 2. The Morgan fingerprint density at radius 2 is 1.97 bits per heavy atom. The summed E-state index contributed by atoms with van der Waals surface area (Å²) in [5.41, 5.74) is 4.54. The van der Waals surface area contributed by atoms with Crippen molar-refractivity contribution in [3.05, 3.63) is 77.9 Å². The van der Waals surface area contributed by atoms with E-state index in [1.807, 2.05) is 54.9 Å². The molecule has 0 aliphatic carbocycles. The first kappa shape index (κ1) is 23.9. The van der Waals surface area contributed by atoms with Gasteiger partial charge >= 0.3 is 5.97 Å². The first-order valence-electron chi connectivity index (χ1n) is 10.2. The number of benzene rings is 2. The van der Waals surface area contributed by atoms with Gasteiger partial charge in [-0.2, -0.15) is 23.5 Å². The summed E-state index contributed by atoms with van der Waals surface area (Å²) in [6.45, 7) is 0. The summed E-state index contributed by atoms with van der Waals surface area (Å²) in [7, 11) is 1.34. The van der Waals surface area contributed by atoms with Crippen LogP contribution in [0.25, 0.3) is 11.1 Å².